The molecule has 1 heterocycles. The molecule has 0 aliphatic heterocycles. The highest BCUT2D eigenvalue weighted by Gasteiger charge is 2.18. The first-order valence-corrected chi connectivity index (χ1v) is 20.6. The summed E-state index contributed by atoms with van der Waals surface area (Å²) < 4.78 is 6.46. The number of nitrogens with zero attached hydrogens (tertiary/aromatic N) is 1. The van der Waals surface area contributed by atoms with Crippen LogP contribution in [0.15, 0.2) is 229 Å². The third-order valence-electron chi connectivity index (χ3n) is 12.2. The molecule has 2 heteroatoms. The molecule has 0 aliphatic carbocycles. The van der Waals surface area contributed by atoms with E-state index in [0.29, 0.717) is 0 Å². The van der Waals surface area contributed by atoms with Crippen LogP contribution in [0.2, 0.25) is 0 Å². The topological polar surface area (TPSA) is 16.4 Å². The van der Waals surface area contributed by atoms with Gasteiger partial charge in [0.15, 0.2) is 0 Å². The number of para-hydroxylation sites is 2. The zero-order valence-corrected chi connectivity index (χ0v) is 32.7. The second-order valence-corrected chi connectivity index (χ2v) is 15.6. The van der Waals surface area contributed by atoms with Crippen LogP contribution < -0.4 is 4.90 Å². The van der Waals surface area contributed by atoms with E-state index in [1.54, 1.807) is 0 Å². The second-order valence-electron chi connectivity index (χ2n) is 15.6. The SMILES string of the molecule is c1cc(-c2cccc(N(c3ccc(-c4cccc5c4oc4ccccc45)cc3)c3ccc4c5ccccc5c5ccccc5c4c3)c2)cc(-c2cccc3ccccc23)c1. The molecule has 12 aromatic rings. The molecule has 0 saturated heterocycles. The van der Waals surface area contributed by atoms with Crippen molar-refractivity contribution in [3.63, 3.8) is 0 Å². The molecular formula is C58H37NO. The monoisotopic (exact) mass is 763 g/mol. The Labute approximate surface area is 347 Å². The highest BCUT2D eigenvalue weighted by Crippen LogP contribution is 2.43. The fraction of sp³-hybridized carbons (Fsp3) is 0. The van der Waals surface area contributed by atoms with Gasteiger partial charge < -0.3 is 9.32 Å². The lowest BCUT2D eigenvalue weighted by molar-refractivity contribution is 0.670. The van der Waals surface area contributed by atoms with Crippen LogP contribution >= 0.6 is 0 Å². The van der Waals surface area contributed by atoms with Crippen LogP contribution in [0.4, 0.5) is 17.1 Å². The fourth-order valence-electron chi connectivity index (χ4n) is 9.41. The number of rotatable bonds is 6. The van der Waals surface area contributed by atoms with Crippen molar-refractivity contribution in [1.29, 1.82) is 0 Å². The molecule has 1 aromatic heterocycles. The number of benzene rings is 11. The van der Waals surface area contributed by atoms with Crippen molar-refractivity contribution in [2.75, 3.05) is 4.90 Å². The molecule has 0 atom stereocenters. The van der Waals surface area contributed by atoms with E-state index in [1.165, 1.54) is 59.8 Å². The minimum absolute atomic E-state index is 0.905. The van der Waals surface area contributed by atoms with E-state index in [9.17, 15) is 0 Å². The number of anilines is 3. The van der Waals surface area contributed by atoms with E-state index >= 15 is 0 Å². The number of fused-ring (bicyclic) bond motifs is 10. The largest absolute Gasteiger partial charge is 0.455 e. The van der Waals surface area contributed by atoms with Gasteiger partial charge in [0.05, 0.1) is 0 Å². The maximum Gasteiger partial charge on any atom is 0.143 e. The number of hydrogen-bond acceptors (Lipinski definition) is 2. The van der Waals surface area contributed by atoms with Crippen LogP contribution in [0.5, 0.6) is 0 Å². The third-order valence-corrected chi connectivity index (χ3v) is 12.2. The van der Waals surface area contributed by atoms with E-state index in [2.05, 4.69) is 217 Å². The Bertz CT molecular complexity index is 3570. The van der Waals surface area contributed by atoms with Gasteiger partial charge in [-0.1, -0.05) is 176 Å². The first kappa shape index (κ1) is 34.1. The number of furan rings is 1. The van der Waals surface area contributed by atoms with Crippen LogP contribution in [-0.2, 0) is 0 Å². The van der Waals surface area contributed by atoms with Crippen molar-refractivity contribution in [2.24, 2.45) is 0 Å². The van der Waals surface area contributed by atoms with Crippen molar-refractivity contribution in [3.8, 4) is 33.4 Å². The molecular weight excluding hydrogens is 727 g/mol. The average Bonchev–Trinajstić information content (AvgIpc) is 3.71. The molecule has 60 heavy (non-hydrogen) atoms. The molecule has 0 bridgehead atoms. The minimum Gasteiger partial charge on any atom is -0.455 e. The summed E-state index contributed by atoms with van der Waals surface area (Å²) in [6.45, 7) is 0. The summed E-state index contributed by atoms with van der Waals surface area (Å²) in [7, 11) is 0. The van der Waals surface area contributed by atoms with Gasteiger partial charge >= 0.3 is 0 Å². The van der Waals surface area contributed by atoms with Crippen LogP contribution in [0, 0.1) is 0 Å². The van der Waals surface area contributed by atoms with Gasteiger partial charge in [0.25, 0.3) is 0 Å². The van der Waals surface area contributed by atoms with Crippen molar-refractivity contribution in [2.45, 2.75) is 0 Å². The molecule has 11 aromatic carbocycles. The van der Waals surface area contributed by atoms with Gasteiger partial charge in [0.1, 0.15) is 11.2 Å². The Hall–Kier alpha value is -7.94. The van der Waals surface area contributed by atoms with Gasteiger partial charge in [0, 0.05) is 33.4 Å². The van der Waals surface area contributed by atoms with E-state index in [4.69, 9.17) is 4.42 Å². The van der Waals surface area contributed by atoms with E-state index < -0.39 is 0 Å². The first-order valence-electron chi connectivity index (χ1n) is 20.6. The molecule has 0 fully saturated rings. The summed E-state index contributed by atoms with van der Waals surface area (Å²) in [5, 5.41) is 12.3. The molecule has 0 radical (unpaired) electrons. The third kappa shape index (κ3) is 5.57. The molecule has 0 aliphatic rings. The zero-order valence-electron chi connectivity index (χ0n) is 32.7. The molecule has 0 saturated carbocycles. The van der Waals surface area contributed by atoms with E-state index in [1.807, 2.05) is 12.1 Å². The maximum absolute atomic E-state index is 6.46. The van der Waals surface area contributed by atoms with Crippen molar-refractivity contribution in [3.05, 3.63) is 224 Å². The summed E-state index contributed by atoms with van der Waals surface area (Å²) in [6.07, 6.45) is 0. The summed E-state index contributed by atoms with van der Waals surface area (Å²) in [4.78, 5) is 2.40. The highest BCUT2D eigenvalue weighted by atomic mass is 16.3. The van der Waals surface area contributed by atoms with Crippen molar-refractivity contribution < 1.29 is 4.42 Å². The van der Waals surface area contributed by atoms with Gasteiger partial charge in [-0.25, -0.2) is 0 Å². The Morgan fingerprint density at radius 3 is 1.57 bits per heavy atom. The van der Waals surface area contributed by atoms with Gasteiger partial charge in [-0.2, -0.15) is 0 Å². The molecule has 280 valence electrons. The Morgan fingerprint density at radius 1 is 0.267 bits per heavy atom. The van der Waals surface area contributed by atoms with Gasteiger partial charge in [-0.05, 0) is 119 Å². The first-order chi connectivity index (χ1) is 29.7. The van der Waals surface area contributed by atoms with Crippen LogP contribution in [0.25, 0.3) is 98.4 Å². The Morgan fingerprint density at radius 2 is 0.783 bits per heavy atom. The van der Waals surface area contributed by atoms with Gasteiger partial charge in [-0.3, -0.25) is 0 Å². The van der Waals surface area contributed by atoms with Crippen LogP contribution in [0.3, 0.4) is 0 Å². The quantitative estimate of drug-likeness (QED) is 0.157. The molecule has 0 unspecified atom stereocenters. The smallest absolute Gasteiger partial charge is 0.143 e. The average molecular weight is 764 g/mol. The predicted octanol–water partition coefficient (Wildman–Crippen LogP) is 16.7. The summed E-state index contributed by atoms with van der Waals surface area (Å²) >= 11 is 0. The van der Waals surface area contributed by atoms with Crippen molar-refractivity contribution >= 4 is 82.1 Å². The lowest BCUT2D eigenvalue weighted by Gasteiger charge is -2.27. The Kier molecular flexibility index (Phi) is 7.89. The minimum atomic E-state index is 0.905. The van der Waals surface area contributed by atoms with Gasteiger partial charge in [-0.15, -0.1) is 0 Å². The lowest BCUT2D eigenvalue weighted by Crippen LogP contribution is -2.10. The molecule has 0 N–H and O–H groups in total. The number of hydrogen-bond donors (Lipinski definition) is 0. The predicted molar refractivity (Wildman–Crippen MR) is 255 cm³/mol. The van der Waals surface area contributed by atoms with Gasteiger partial charge in [0.2, 0.25) is 0 Å². The van der Waals surface area contributed by atoms with E-state index in [0.717, 1.165) is 55.7 Å². The van der Waals surface area contributed by atoms with E-state index in [-0.39, 0.29) is 0 Å². The molecule has 0 spiro atoms. The Balaban J connectivity index is 1.02. The zero-order chi connectivity index (χ0) is 39.6. The fourth-order valence-corrected chi connectivity index (χ4v) is 9.41. The summed E-state index contributed by atoms with van der Waals surface area (Å²) in [5.41, 5.74) is 12.0. The molecule has 12 rings (SSSR count). The van der Waals surface area contributed by atoms with Crippen LogP contribution in [0.1, 0.15) is 0 Å². The normalized spacial score (nSPS) is 11.7. The maximum atomic E-state index is 6.46. The summed E-state index contributed by atoms with van der Waals surface area (Å²) in [5.74, 6) is 0. The second kappa shape index (κ2) is 13.9. The van der Waals surface area contributed by atoms with Crippen LogP contribution in [-0.4, -0.2) is 0 Å². The summed E-state index contributed by atoms with van der Waals surface area (Å²) in [6, 6.07) is 81.3. The standard InChI is InChI=1S/C58H37NO/c1-2-19-46-38(13-1)14-11-25-47(46)42-17-9-15-40(35-42)41-16-10-18-44(36-41)59(45-33-34-53-51-22-4-3-20-49(51)50-21-5-6-23-52(50)56(53)37-45)43-31-29-39(30-32-43)48-26-12-27-55-54-24-7-8-28-57(54)60-58(48)55/h1-37H. The highest BCUT2D eigenvalue weighted by molar-refractivity contribution is 6.26. The molecule has 0 amide bonds. The lowest BCUT2D eigenvalue weighted by atomic mass is 9.93. The van der Waals surface area contributed by atoms with Crippen molar-refractivity contribution in [1.82, 2.24) is 0 Å². The molecule has 2 nitrogen and oxygen atoms in total.